The van der Waals surface area contributed by atoms with Crippen molar-refractivity contribution >= 4 is 9.84 Å². The van der Waals surface area contributed by atoms with Gasteiger partial charge in [0.1, 0.15) is 0 Å². The van der Waals surface area contributed by atoms with E-state index in [1.807, 2.05) is 11.9 Å². The second-order valence-corrected chi connectivity index (χ2v) is 6.96. The van der Waals surface area contributed by atoms with Crippen molar-refractivity contribution in [1.29, 1.82) is 0 Å². The fraction of sp³-hybridized carbons (Fsp3) is 1.00. The summed E-state index contributed by atoms with van der Waals surface area (Å²) in [6.07, 6.45) is 1.61. The molecule has 0 aliphatic heterocycles. The minimum atomic E-state index is -2.84. The van der Waals surface area contributed by atoms with Gasteiger partial charge in [-0.25, -0.2) is 8.42 Å². The second-order valence-electron chi connectivity index (χ2n) is 4.49. The Morgan fingerprint density at radius 3 is 2.47 bits per heavy atom. The summed E-state index contributed by atoms with van der Waals surface area (Å²) in [5.74, 6) is 1.02. The number of nitrogens with zero attached hydrogens (tertiary/aromatic N) is 1. The molecule has 0 aromatic heterocycles. The first-order valence-corrected chi connectivity index (χ1v) is 7.32. The Morgan fingerprint density at radius 1 is 1.40 bits per heavy atom. The Kier molecular flexibility index (Phi) is 4.55. The van der Waals surface area contributed by atoms with Gasteiger partial charge in [0.15, 0.2) is 9.84 Å². The molecule has 0 bridgehead atoms. The molecule has 0 amide bonds. The van der Waals surface area contributed by atoms with E-state index in [1.165, 1.54) is 0 Å². The van der Waals surface area contributed by atoms with Crippen LogP contribution in [0.1, 0.15) is 19.8 Å². The molecule has 1 aliphatic carbocycles. The van der Waals surface area contributed by atoms with Gasteiger partial charge in [-0.1, -0.05) is 6.92 Å². The van der Waals surface area contributed by atoms with Gasteiger partial charge in [0.05, 0.1) is 11.9 Å². The lowest BCUT2D eigenvalue weighted by Gasteiger charge is -2.34. The standard InChI is InChI=1S/C10H21NO3S/c1-3-15(13,14)5-4-11(2)8-9-6-10(12)7-9/h9-10,12H,3-8H2,1-2H3. The van der Waals surface area contributed by atoms with E-state index in [0.29, 0.717) is 12.5 Å². The van der Waals surface area contributed by atoms with Crippen molar-refractivity contribution in [3.63, 3.8) is 0 Å². The fourth-order valence-corrected chi connectivity index (χ4v) is 2.70. The number of aliphatic hydroxyl groups is 1. The zero-order chi connectivity index (χ0) is 11.5. The quantitative estimate of drug-likeness (QED) is 0.710. The molecule has 0 atom stereocenters. The number of aliphatic hydroxyl groups excluding tert-OH is 1. The first-order valence-electron chi connectivity index (χ1n) is 5.50. The predicted molar refractivity (Wildman–Crippen MR) is 60.6 cm³/mol. The molecule has 5 heteroatoms. The monoisotopic (exact) mass is 235 g/mol. The van der Waals surface area contributed by atoms with Gasteiger partial charge >= 0.3 is 0 Å². The van der Waals surface area contributed by atoms with E-state index in [9.17, 15) is 8.42 Å². The minimum absolute atomic E-state index is 0.122. The van der Waals surface area contributed by atoms with Crippen LogP contribution in [0.2, 0.25) is 0 Å². The van der Waals surface area contributed by atoms with Crippen LogP contribution in [-0.2, 0) is 9.84 Å². The van der Waals surface area contributed by atoms with Crippen molar-refractivity contribution < 1.29 is 13.5 Å². The summed E-state index contributed by atoms with van der Waals surface area (Å²) < 4.78 is 22.5. The van der Waals surface area contributed by atoms with Crippen molar-refractivity contribution in [3.05, 3.63) is 0 Å². The van der Waals surface area contributed by atoms with E-state index in [4.69, 9.17) is 5.11 Å². The largest absolute Gasteiger partial charge is 0.393 e. The average Bonchev–Trinajstić information content (AvgIpc) is 2.13. The van der Waals surface area contributed by atoms with Gasteiger partial charge in [0.2, 0.25) is 0 Å². The third-order valence-corrected chi connectivity index (χ3v) is 4.69. The van der Waals surface area contributed by atoms with Gasteiger partial charge in [0.25, 0.3) is 0 Å². The first-order chi connectivity index (χ1) is 6.93. The van der Waals surface area contributed by atoms with Crippen LogP contribution in [0.4, 0.5) is 0 Å². The molecule has 1 rings (SSSR count). The molecule has 0 heterocycles. The van der Waals surface area contributed by atoms with Crippen LogP contribution >= 0.6 is 0 Å². The molecule has 1 N–H and O–H groups in total. The Labute approximate surface area is 92.2 Å². The van der Waals surface area contributed by atoms with Gasteiger partial charge in [-0.05, 0) is 25.8 Å². The van der Waals surface area contributed by atoms with Crippen LogP contribution in [-0.4, -0.2) is 56.2 Å². The summed E-state index contributed by atoms with van der Waals surface area (Å²) in [4.78, 5) is 2.05. The van der Waals surface area contributed by atoms with E-state index in [2.05, 4.69) is 0 Å². The van der Waals surface area contributed by atoms with Crippen LogP contribution < -0.4 is 0 Å². The van der Waals surface area contributed by atoms with Gasteiger partial charge in [-0.15, -0.1) is 0 Å². The summed E-state index contributed by atoms with van der Waals surface area (Å²) in [5.41, 5.74) is 0. The van der Waals surface area contributed by atoms with E-state index in [1.54, 1.807) is 6.92 Å². The average molecular weight is 235 g/mol. The van der Waals surface area contributed by atoms with Crippen LogP contribution in [0.25, 0.3) is 0 Å². The zero-order valence-electron chi connectivity index (χ0n) is 9.52. The minimum Gasteiger partial charge on any atom is -0.393 e. The van der Waals surface area contributed by atoms with Crippen LogP contribution in [0.5, 0.6) is 0 Å². The SMILES string of the molecule is CCS(=O)(=O)CCN(C)CC1CC(O)C1. The summed E-state index contributed by atoms with van der Waals surface area (Å²) >= 11 is 0. The van der Waals surface area contributed by atoms with E-state index >= 15 is 0 Å². The highest BCUT2D eigenvalue weighted by molar-refractivity contribution is 7.91. The number of rotatable bonds is 6. The van der Waals surface area contributed by atoms with Crippen molar-refractivity contribution in [1.82, 2.24) is 4.90 Å². The molecular weight excluding hydrogens is 214 g/mol. The molecule has 0 radical (unpaired) electrons. The second kappa shape index (κ2) is 5.27. The summed E-state index contributed by atoms with van der Waals surface area (Å²) in [5, 5.41) is 9.11. The molecule has 90 valence electrons. The van der Waals surface area contributed by atoms with Gasteiger partial charge in [-0.3, -0.25) is 0 Å². The highest BCUT2D eigenvalue weighted by Gasteiger charge is 2.27. The summed E-state index contributed by atoms with van der Waals surface area (Å²) in [6, 6.07) is 0. The Bertz CT molecular complexity index is 283. The van der Waals surface area contributed by atoms with Crippen LogP contribution in [0, 0.1) is 5.92 Å². The highest BCUT2D eigenvalue weighted by atomic mass is 32.2. The molecule has 15 heavy (non-hydrogen) atoms. The van der Waals surface area contributed by atoms with Gasteiger partial charge < -0.3 is 10.0 Å². The molecule has 0 unspecified atom stereocenters. The predicted octanol–water partition coefficient (Wildman–Crippen LogP) is 0.124. The smallest absolute Gasteiger partial charge is 0.151 e. The maximum atomic E-state index is 11.3. The number of hydrogen-bond donors (Lipinski definition) is 1. The molecule has 1 aliphatic rings. The van der Waals surface area contributed by atoms with Crippen LogP contribution in [0.3, 0.4) is 0 Å². The molecule has 1 fully saturated rings. The van der Waals surface area contributed by atoms with Crippen molar-refractivity contribution in [2.75, 3.05) is 31.6 Å². The van der Waals surface area contributed by atoms with Crippen molar-refractivity contribution in [3.8, 4) is 0 Å². The van der Waals surface area contributed by atoms with Crippen molar-refractivity contribution in [2.45, 2.75) is 25.9 Å². The van der Waals surface area contributed by atoms with Gasteiger partial charge in [0, 0.05) is 18.8 Å². The number of sulfone groups is 1. The third-order valence-electron chi connectivity index (χ3n) is 3.00. The molecule has 0 aromatic carbocycles. The fourth-order valence-electron chi connectivity index (χ4n) is 1.82. The summed E-state index contributed by atoms with van der Waals surface area (Å²) in [7, 11) is -0.901. The Hall–Kier alpha value is -0.130. The first kappa shape index (κ1) is 12.9. The lowest BCUT2D eigenvalue weighted by Crippen LogP contribution is -2.38. The molecular formula is C10H21NO3S. The zero-order valence-corrected chi connectivity index (χ0v) is 10.3. The Balaban J connectivity index is 2.16. The maximum absolute atomic E-state index is 11.3. The highest BCUT2D eigenvalue weighted by Crippen LogP contribution is 2.27. The van der Waals surface area contributed by atoms with Crippen LogP contribution in [0.15, 0.2) is 0 Å². The molecule has 0 saturated heterocycles. The Morgan fingerprint density at radius 2 is 2.00 bits per heavy atom. The van der Waals surface area contributed by atoms with Gasteiger partial charge in [-0.2, -0.15) is 0 Å². The topological polar surface area (TPSA) is 57.6 Å². The molecule has 4 nitrogen and oxygen atoms in total. The third kappa shape index (κ3) is 4.49. The molecule has 0 spiro atoms. The lowest BCUT2D eigenvalue weighted by molar-refractivity contribution is 0.0291. The molecule has 0 aromatic rings. The van der Waals surface area contributed by atoms with E-state index in [-0.39, 0.29) is 17.6 Å². The maximum Gasteiger partial charge on any atom is 0.151 e. The van der Waals surface area contributed by atoms with Crippen molar-refractivity contribution in [2.24, 2.45) is 5.92 Å². The van der Waals surface area contributed by atoms with E-state index < -0.39 is 9.84 Å². The molecule has 1 saturated carbocycles. The van der Waals surface area contributed by atoms with E-state index in [0.717, 1.165) is 19.4 Å². The lowest BCUT2D eigenvalue weighted by atomic mass is 9.82. The normalized spacial score (nSPS) is 26.7. The number of hydrogen-bond acceptors (Lipinski definition) is 4. The summed E-state index contributed by atoms with van der Waals surface area (Å²) in [6.45, 7) is 3.18.